The molecule has 2 heterocycles. The van der Waals surface area contributed by atoms with Gasteiger partial charge >= 0.3 is 6.09 Å². The largest absolute Gasteiger partial charge is 0.444 e. The van der Waals surface area contributed by atoms with E-state index >= 15 is 0 Å². The summed E-state index contributed by atoms with van der Waals surface area (Å²) in [6.45, 7) is 17.6. The Morgan fingerprint density at radius 2 is 1.23 bits per heavy atom. The molecule has 2 aliphatic heterocycles. The summed E-state index contributed by atoms with van der Waals surface area (Å²) in [5.41, 5.74) is -0.414. The number of rotatable bonds is 4. The molecule has 0 unspecified atom stereocenters. The van der Waals surface area contributed by atoms with Crippen LogP contribution in [0.1, 0.15) is 96.4 Å². The Morgan fingerprint density at radius 3 is 1.60 bits per heavy atom. The van der Waals surface area contributed by atoms with Crippen LogP contribution in [0.15, 0.2) is 0 Å². The summed E-state index contributed by atoms with van der Waals surface area (Å²) in [6.07, 6.45) is 5.40. The third-order valence-corrected chi connectivity index (χ3v) is 4.31. The fraction of sp³-hybridized carbons (Fsp3) is 0.958. The predicted octanol–water partition coefficient (Wildman–Crippen LogP) is 5.88. The van der Waals surface area contributed by atoms with Gasteiger partial charge in [0.1, 0.15) is 5.60 Å². The third kappa shape index (κ3) is 15.9. The van der Waals surface area contributed by atoms with Gasteiger partial charge in [-0.15, -0.1) is 0 Å². The first-order chi connectivity index (χ1) is 12.6. The summed E-state index contributed by atoms with van der Waals surface area (Å²) in [7, 11) is 0. The molecule has 30 heavy (non-hydrogen) atoms. The van der Waals surface area contributed by atoms with E-state index in [4.69, 9.17) is 14.2 Å². The summed E-state index contributed by atoms with van der Waals surface area (Å²) >= 11 is 0. The van der Waals surface area contributed by atoms with E-state index in [1.807, 2.05) is 34.6 Å². The number of ether oxygens (including phenoxy) is 3. The zero-order valence-electron chi connectivity index (χ0n) is 18.5. The Kier molecular flexibility index (Phi) is 18.9. The van der Waals surface area contributed by atoms with Crippen molar-refractivity contribution in [2.24, 2.45) is 0 Å². The minimum Gasteiger partial charge on any atom is -0.444 e. The smallest absolute Gasteiger partial charge is 0.410 e. The molecule has 0 radical (unpaired) electrons. The maximum absolute atomic E-state index is 11.8. The second-order valence-corrected chi connectivity index (χ2v) is 8.99. The van der Waals surface area contributed by atoms with E-state index in [1.165, 1.54) is 12.8 Å². The van der Waals surface area contributed by atoms with Gasteiger partial charge in [0.15, 0.2) is 0 Å². The summed E-state index contributed by atoms with van der Waals surface area (Å²) in [4.78, 5) is 13.6. The Labute approximate surface area is 188 Å². The highest BCUT2D eigenvalue weighted by atomic mass is 16.6. The van der Waals surface area contributed by atoms with E-state index in [1.54, 1.807) is 4.90 Å². The van der Waals surface area contributed by atoms with Gasteiger partial charge in [0.2, 0.25) is 0 Å². The minimum atomic E-state index is -0.414. The first-order valence-corrected chi connectivity index (χ1v) is 10.6. The molecule has 6 heteroatoms. The molecule has 0 bridgehead atoms. The zero-order valence-corrected chi connectivity index (χ0v) is 18.5. The van der Waals surface area contributed by atoms with E-state index in [9.17, 15) is 4.79 Å². The first kappa shape index (κ1) is 33.8. The number of nitrogens with one attached hydrogen (secondary N) is 1. The van der Waals surface area contributed by atoms with E-state index in [0.29, 0.717) is 12.2 Å². The van der Waals surface area contributed by atoms with Gasteiger partial charge in [0, 0.05) is 13.1 Å². The molecule has 2 rings (SSSR count). The SMILES string of the molecule is C.C.C.CC(C)OC1CCN(C(=O)OC(C)(C)C)CC1.CC(C)OC1CCNCC1. The molecule has 0 aromatic carbocycles. The molecule has 0 atom stereocenters. The average molecular weight is 435 g/mol. The maximum Gasteiger partial charge on any atom is 0.410 e. The molecule has 6 nitrogen and oxygen atoms in total. The molecular formula is C24H54N2O4. The lowest BCUT2D eigenvalue weighted by molar-refractivity contribution is -0.0335. The predicted molar refractivity (Wildman–Crippen MR) is 129 cm³/mol. The van der Waals surface area contributed by atoms with E-state index in [-0.39, 0.29) is 40.6 Å². The first-order valence-electron chi connectivity index (χ1n) is 10.6. The molecule has 2 saturated heterocycles. The van der Waals surface area contributed by atoms with Crippen molar-refractivity contribution in [3.63, 3.8) is 0 Å². The third-order valence-electron chi connectivity index (χ3n) is 4.31. The van der Waals surface area contributed by atoms with Crippen LogP contribution in [0.5, 0.6) is 0 Å². The number of piperidine rings is 2. The van der Waals surface area contributed by atoms with Crippen LogP contribution < -0.4 is 5.32 Å². The molecule has 1 N–H and O–H groups in total. The number of carbonyl (C=O) groups excluding carboxylic acids is 1. The van der Waals surface area contributed by atoms with Gasteiger partial charge in [-0.3, -0.25) is 0 Å². The molecule has 2 fully saturated rings. The molecule has 2 aliphatic rings. The molecular weight excluding hydrogens is 380 g/mol. The molecule has 1 amide bonds. The standard InChI is InChI=1S/C13H25NO3.C8H17NO.3CH4/c1-10(2)16-11-6-8-14(9-7-11)12(15)17-13(3,4)5;1-7(2)10-8-3-5-9-6-4-8;;;/h10-11H,6-9H2,1-5H3;7-9H,3-6H2,1-2H3;3*1H4. The van der Waals surface area contributed by atoms with Crippen LogP contribution in [0.3, 0.4) is 0 Å². The minimum absolute atomic E-state index is 0. The van der Waals surface area contributed by atoms with Crippen LogP contribution in [0, 0.1) is 0 Å². The Morgan fingerprint density at radius 1 is 0.833 bits per heavy atom. The van der Waals surface area contributed by atoms with E-state index < -0.39 is 5.60 Å². The lowest BCUT2D eigenvalue weighted by Crippen LogP contribution is -2.43. The van der Waals surface area contributed by atoms with Crippen LogP contribution in [0.4, 0.5) is 4.79 Å². The molecule has 0 aromatic heterocycles. The number of nitrogens with zero attached hydrogens (tertiary/aromatic N) is 1. The van der Waals surface area contributed by atoms with Crippen molar-refractivity contribution in [2.45, 2.75) is 126 Å². The lowest BCUT2D eigenvalue weighted by Gasteiger charge is -2.34. The van der Waals surface area contributed by atoms with Gasteiger partial charge in [-0.05, 0) is 87.2 Å². The molecule has 184 valence electrons. The highest BCUT2D eigenvalue weighted by Gasteiger charge is 2.27. The summed E-state index contributed by atoms with van der Waals surface area (Å²) in [5.74, 6) is 0. The van der Waals surface area contributed by atoms with E-state index in [0.717, 1.165) is 39.0 Å². The molecule has 0 aliphatic carbocycles. The lowest BCUT2D eigenvalue weighted by atomic mass is 10.1. The zero-order chi connectivity index (χ0) is 20.4. The van der Waals surface area contributed by atoms with Crippen molar-refractivity contribution in [2.75, 3.05) is 26.2 Å². The Balaban J connectivity index is -0.000000488. The Bertz CT molecular complexity index is 408. The highest BCUT2D eigenvalue weighted by molar-refractivity contribution is 5.68. The summed E-state index contributed by atoms with van der Waals surface area (Å²) in [5, 5.41) is 3.31. The van der Waals surface area contributed by atoms with Crippen molar-refractivity contribution in [3.8, 4) is 0 Å². The van der Waals surface area contributed by atoms with Crippen LogP contribution in [0.25, 0.3) is 0 Å². The van der Waals surface area contributed by atoms with Crippen LogP contribution in [-0.4, -0.2) is 67.2 Å². The number of hydrogen-bond donors (Lipinski definition) is 1. The van der Waals surface area contributed by atoms with Crippen molar-refractivity contribution >= 4 is 6.09 Å². The van der Waals surface area contributed by atoms with Crippen LogP contribution in [-0.2, 0) is 14.2 Å². The average Bonchev–Trinajstić information content (AvgIpc) is 2.54. The number of hydrogen-bond acceptors (Lipinski definition) is 5. The van der Waals surface area contributed by atoms with Crippen molar-refractivity contribution in [1.29, 1.82) is 0 Å². The van der Waals surface area contributed by atoms with Crippen LogP contribution in [0.2, 0.25) is 0 Å². The topological polar surface area (TPSA) is 60.0 Å². The second-order valence-electron chi connectivity index (χ2n) is 8.99. The molecule has 0 spiro atoms. The van der Waals surface area contributed by atoms with Gasteiger partial charge in [-0.2, -0.15) is 0 Å². The normalized spacial score (nSPS) is 17.8. The Hall–Kier alpha value is -0.850. The summed E-state index contributed by atoms with van der Waals surface area (Å²) in [6, 6.07) is 0. The van der Waals surface area contributed by atoms with Crippen molar-refractivity contribution < 1.29 is 19.0 Å². The van der Waals surface area contributed by atoms with Gasteiger partial charge in [-0.1, -0.05) is 22.3 Å². The highest BCUT2D eigenvalue weighted by Crippen LogP contribution is 2.18. The quantitative estimate of drug-likeness (QED) is 0.598. The fourth-order valence-corrected chi connectivity index (χ4v) is 3.20. The van der Waals surface area contributed by atoms with Crippen LogP contribution >= 0.6 is 0 Å². The summed E-state index contributed by atoms with van der Waals surface area (Å²) < 4.78 is 16.7. The van der Waals surface area contributed by atoms with Gasteiger partial charge < -0.3 is 24.4 Å². The van der Waals surface area contributed by atoms with Gasteiger partial charge in [0.25, 0.3) is 0 Å². The number of likely N-dealkylation sites (tertiary alicyclic amines) is 1. The molecule has 0 saturated carbocycles. The van der Waals surface area contributed by atoms with Crippen molar-refractivity contribution in [3.05, 3.63) is 0 Å². The number of amides is 1. The number of carbonyl (C=O) groups is 1. The van der Waals surface area contributed by atoms with E-state index in [2.05, 4.69) is 19.2 Å². The second kappa shape index (κ2) is 16.8. The van der Waals surface area contributed by atoms with Crippen molar-refractivity contribution in [1.82, 2.24) is 10.2 Å². The monoisotopic (exact) mass is 434 g/mol. The maximum atomic E-state index is 11.8. The van der Waals surface area contributed by atoms with Gasteiger partial charge in [0.05, 0.1) is 24.4 Å². The van der Waals surface area contributed by atoms with Gasteiger partial charge in [-0.25, -0.2) is 4.79 Å². The fourth-order valence-electron chi connectivity index (χ4n) is 3.20. The molecule has 0 aromatic rings.